The molecule has 148 valence electrons. The largest absolute Gasteiger partial charge is 0.478 e. The summed E-state index contributed by atoms with van der Waals surface area (Å²) in [6, 6.07) is 18.1. The summed E-state index contributed by atoms with van der Waals surface area (Å²) >= 11 is 6.66. The Morgan fingerprint density at radius 3 is 2.31 bits per heavy atom. The van der Waals surface area contributed by atoms with Crippen LogP contribution in [0.2, 0.25) is 5.02 Å². The summed E-state index contributed by atoms with van der Waals surface area (Å²) in [6.07, 6.45) is 0. The van der Waals surface area contributed by atoms with Crippen molar-refractivity contribution in [2.45, 2.75) is 26.7 Å². The fourth-order valence-electron chi connectivity index (χ4n) is 3.24. The number of carboxylic acid groups (broad SMARTS) is 1. The highest BCUT2D eigenvalue weighted by Crippen LogP contribution is 2.36. The lowest BCUT2D eigenvalue weighted by Crippen LogP contribution is -2.17. The Morgan fingerprint density at radius 2 is 1.69 bits per heavy atom. The molecule has 4 nitrogen and oxygen atoms in total. The number of nitrogens with one attached hydrogen (secondary N) is 1. The van der Waals surface area contributed by atoms with Crippen molar-refractivity contribution in [3.05, 3.63) is 87.9 Å². The normalized spacial score (nSPS) is 10.8. The third-order valence-electron chi connectivity index (χ3n) is 4.84. The number of hydrogen-bond donors (Lipinski definition) is 2. The summed E-state index contributed by atoms with van der Waals surface area (Å²) in [7, 11) is 0. The van der Waals surface area contributed by atoms with Gasteiger partial charge in [0, 0.05) is 11.1 Å². The Labute approximate surface area is 175 Å². The molecule has 0 fully saturated rings. The van der Waals surface area contributed by atoms with E-state index in [0.717, 1.165) is 22.3 Å². The Balaban J connectivity index is 2.04. The number of carbonyl (C=O) groups is 2. The molecule has 0 spiro atoms. The maximum Gasteiger partial charge on any atom is 0.335 e. The lowest BCUT2D eigenvalue weighted by atomic mass is 9.94. The predicted octanol–water partition coefficient (Wildman–Crippen LogP) is 6.39. The second-order valence-electron chi connectivity index (χ2n) is 7.20. The molecular formula is C24H22ClNO3. The molecule has 0 bridgehead atoms. The minimum Gasteiger partial charge on any atom is -0.478 e. The summed E-state index contributed by atoms with van der Waals surface area (Å²) in [5, 5.41) is 12.7. The molecule has 3 rings (SSSR count). The summed E-state index contributed by atoms with van der Waals surface area (Å²) in [4.78, 5) is 24.5. The average molecular weight is 408 g/mol. The van der Waals surface area contributed by atoms with Crippen LogP contribution >= 0.6 is 11.6 Å². The van der Waals surface area contributed by atoms with Crippen molar-refractivity contribution in [3.63, 3.8) is 0 Å². The van der Waals surface area contributed by atoms with Crippen LogP contribution in [-0.2, 0) is 0 Å². The van der Waals surface area contributed by atoms with E-state index in [1.54, 1.807) is 6.07 Å². The molecule has 0 atom stereocenters. The molecule has 2 N–H and O–H groups in total. The third-order valence-corrected chi connectivity index (χ3v) is 5.23. The maximum absolute atomic E-state index is 13.1. The molecule has 3 aromatic rings. The number of benzene rings is 3. The van der Waals surface area contributed by atoms with Gasteiger partial charge in [0.1, 0.15) is 0 Å². The van der Waals surface area contributed by atoms with Crippen LogP contribution < -0.4 is 5.32 Å². The van der Waals surface area contributed by atoms with Gasteiger partial charge in [-0.3, -0.25) is 4.79 Å². The molecule has 0 aliphatic heterocycles. The number of anilines is 1. The Kier molecular flexibility index (Phi) is 6.04. The fraction of sp³-hybridized carbons (Fsp3) is 0.167. The van der Waals surface area contributed by atoms with E-state index in [2.05, 4.69) is 5.32 Å². The highest BCUT2D eigenvalue weighted by Gasteiger charge is 2.19. The van der Waals surface area contributed by atoms with Gasteiger partial charge in [-0.05, 0) is 41.7 Å². The van der Waals surface area contributed by atoms with Crippen molar-refractivity contribution < 1.29 is 14.7 Å². The van der Waals surface area contributed by atoms with E-state index in [1.165, 1.54) is 12.1 Å². The van der Waals surface area contributed by atoms with E-state index in [0.29, 0.717) is 16.3 Å². The molecule has 5 heteroatoms. The van der Waals surface area contributed by atoms with Crippen LogP contribution in [0.25, 0.3) is 11.1 Å². The van der Waals surface area contributed by atoms with Crippen molar-refractivity contribution >= 4 is 29.2 Å². The van der Waals surface area contributed by atoms with Crippen molar-refractivity contribution in [1.82, 2.24) is 0 Å². The van der Waals surface area contributed by atoms with Gasteiger partial charge in [-0.25, -0.2) is 4.79 Å². The molecule has 0 saturated heterocycles. The molecule has 0 heterocycles. The fourth-order valence-corrected chi connectivity index (χ4v) is 3.61. The second kappa shape index (κ2) is 8.50. The predicted molar refractivity (Wildman–Crippen MR) is 117 cm³/mol. The van der Waals surface area contributed by atoms with E-state index in [-0.39, 0.29) is 17.4 Å². The molecule has 1 amide bonds. The zero-order valence-electron chi connectivity index (χ0n) is 16.5. The minimum absolute atomic E-state index is 0.0609. The SMILES string of the molecule is Cc1ccc(-c2ccccc2)c(Cl)c1NC(=O)c1cc(C(=O)O)ccc1C(C)C. The van der Waals surface area contributed by atoms with Gasteiger partial charge in [0.15, 0.2) is 0 Å². The first-order valence-electron chi connectivity index (χ1n) is 9.32. The highest BCUT2D eigenvalue weighted by molar-refractivity contribution is 6.37. The molecule has 0 unspecified atom stereocenters. The van der Waals surface area contributed by atoms with Crippen LogP contribution in [0.15, 0.2) is 60.7 Å². The topological polar surface area (TPSA) is 66.4 Å². The Hall–Kier alpha value is -3.11. The van der Waals surface area contributed by atoms with Gasteiger partial charge in [0.2, 0.25) is 0 Å². The quantitative estimate of drug-likeness (QED) is 0.515. The number of carbonyl (C=O) groups excluding carboxylic acids is 1. The smallest absolute Gasteiger partial charge is 0.335 e. The number of aromatic carboxylic acids is 1. The number of halogens is 1. The van der Waals surface area contributed by atoms with E-state index >= 15 is 0 Å². The van der Waals surface area contributed by atoms with Gasteiger partial charge in [-0.1, -0.05) is 74.0 Å². The molecule has 3 aromatic carbocycles. The van der Waals surface area contributed by atoms with Crippen LogP contribution in [0.3, 0.4) is 0 Å². The van der Waals surface area contributed by atoms with E-state index < -0.39 is 5.97 Å². The molecule has 0 aliphatic rings. The molecule has 0 radical (unpaired) electrons. The lowest BCUT2D eigenvalue weighted by molar-refractivity contribution is 0.0697. The monoisotopic (exact) mass is 407 g/mol. The van der Waals surface area contributed by atoms with Crippen LogP contribution in [0.1, 0.15) is 51.6 Å². The first-order valence-corrected chi connectivity index (χ1v) is 9.70. The molecule has 0 saturated carbocycles. The molecule has 29 heavy (non-hydrogen) atoms. The summed E-state index contributed by atoms with van der Waals surface area (Å²) in [5.41, 5.74) is 4.29. The zero-order chi connectivity index (χ0) is 21.1. The lowest BCUT2D eigenvalue weighted by Gasteiger charge is -2.17. The maximum atomic E-state index is 13.1. The number of hydrogen-bond acceptors (Lipinski definition) is 2. The van der Waals surface area contributed by atoms with Gasteiger partial charge >= 0.3 is 5.97 Å². The Bertz CT molecular complexity index is 1070. The number of aryl methyl sites for hydroxylation is 1. The second-order valence-corrected chi connectivity index (χ2v) is 7.58. The molecular weight excluding hydrogens is 386 g/mol. The number of amides is 1. The summed E-state index contributed by atoms with van der Waals surface area (Å²) in [6.45, 7) is 5.79. The average Bonchev–Trinajstić information content (AvgIpc) is 2.71. The molecule has 0 aromatic heterocycles. The minimum atomic E-state index is -1.07. The van der Waals surface area contributed by atoms with E-state index in [4.69, 9.17) is 11.6 Å². The van der Waals surface area contributed by atoms with Crippen molar-refractivity contribution in [1.29, 1.82) is 0 Å². The van der Waals surface area contributed by atoms with Gasteiger partial charge in [-0.15, -0.1) is 0 Å². The van der Waals surface area contributed by atoms with Crippen LogP contribution in [-0.4, -0.2) is 17.0 Å². The van der Waals surface area contributed by atoms with Crippen LogP contribution in [0, 0.1) is 6.92 Å². The van der Waals surface area contributed by atoms with Gasteiger partial charge in [0.05, 0.1) is 16.3 Å². The third kappa shape index (κ3) is 4.33. The molecule has 0 aliphatic carbocycles. The van der Waals surface area contributed by atoms with Crippen molar-refractivity contribution in [3.8, 4) is 11.1 Å². The summed E-state index contributed by atoms with van der Waals surface area (Å²) in [5.74, 6) is -1.40. The van der Waals surface area contributed by atoms with Crippen molar-refractivity contribution in [2.24, 2.45) is 0 Å². The van der Waals surface area contributed by atoms with E-state index in [1.807, 2.05) is 63.2 Å². The zero-order valence-corrected chi connectivity index (χ0v) is 17.2. The van der Waals surface area contributed by atoms with Gasteiger partial charge < -0.3 is 10.4 Å². The first kappa shape index (κ1) is 20.6. The first-order chi connectivity index (χ1) is 13.8. The highest BCUT2D eigenvalue weighted by atomic mass is 35.5. The van der Waals surface area contributed by atoms with Crippen LogP contribution in [0.4, 0.5) is 5.69 Å². The van der Waals surface area contributed by atoms with Crippen molar-refractivity contribution in [2.75, 3.05) is 5.32 Å². The van der Waals surface area contributed by atoms with Gasteiger partial charge in [0.25, 0.3) is 5.91 Å². The Morgan fingerprint density at radius 1 is 1.00 bits per heavy atom. The summed E-state index contributed by atoms with van der Waals surface area (Å²) < 4.78 is 0. The number of rotatable bonds is 5. The van der Waals surface area contributed by atoms with Gasteiger partial charge in [-0.2, -0.15) is 0 Å². The van der Waals surface area contributed by atoms with E-state index in [9.17, 15) is 14.7 Å². The number of carboxylic acids is 1. The van der Waals surface area contributed by atoms with Crippen LogP contribution in [0.5, 0.6) is 0 Å². The standard InChI is InChI=1S/C24H22ClNO3/c1-14(2)18-12-10-17(24(28)29)13-20(18)23(27)26-22-15(3)9-11-19(21(22)25)16-7-5-4-6-8-16/h4-14H,1-3H3,(H,26,27)(H,28,29).